The lowest BCUT2D eigenvalue weighted by Crippen LogP contribution is -2.35. The summed E-state index contributed by atoms with van der Waals surface area (Å²) in [6.07, 6.45) is 5.50. The average molecular weight is 694 g/mol. The number of ether oxygens (including phenoxy) is 1. The van der Waals surface area contributed by atoms with Crippen molar-refractivity contribution in [3.63, 3.8) is 0 Å². The second kappa shape index (κ2) is 14.5. The minimum Gasteiger partial charge on any atom is -0.468 e. The highest BCUT2D eigenvalue weighted by Crippen LogP contribution is 2.49. The molecule has 1 unspecified atom stereocenters. The van der Waals surface area contributed by atoms with Crippen LogP contribution < -0.4 is 14.9 Å². The van der Waals surface area contributed by atoms with E-state index in [4.69, 9.17) is 26.2 Å². The number of rotatable bonds is 11. The third-order valence-electron chi connectivity index (χ3n) is 7.48. The van der Waals surface area contributed by atoms with Gasteiger partial charge in [-0.25, -0.2) is 5.09 Å². The Hall–Kier alpha value is -4.80. The number of fused-ring (bicyclic) bond motifs is 2. The third-order valence-corrected chi connectivity index (χ3v) is 11.5. The molecular formula is C36H32N5O4PS2. The molecule has 2 N–H and O–H groups in total. The zero-order chi connectivity index (χ0) is 33.7. The Kier molecular flexibility index (Phi) is 10.0. The van der Waals surface area contributed by atoms with Crippen molar-refractivity contribution in [3.05, 3.63) is 126 Å². The van der Waals surface area contributed by atoms with E-state index < -0.39 is 18.6 Å². The minimum absolute atomic E-state index is 0.175. The third kappa shape index (κ3) is 7.05. The van der Waals surface area contributed by atoms with Gasteiger partial charge in [0.2, 0.25) is 0 Å². The van der Waals surface area contributed by atoms with Gasteiger partial charge in [-0.1, -0.05) is 66.4 Å². The first-order valence-electron chi connectivity index (χ1n) is 15.0. The van der Waals surface area contributed by atoms with E-state index in [-0.39, 0.29) is 5.91 Å². The second-order valence-corrected chi connectivity index (χ2v) is 15.1. The normalized spacial score (nSPS) is 13.3. The Morgan fingerprint density at radius 2 is 1.71 bits per heavy atom. The van der Waals surface area contributed by atoms with Crippen molar-refractivity contribution in [2.45, 2.75) is 22.8 Å². The Morgan fingerprint density at radius 1 is 0.938 bits per heavy atom. The molecule has 2 heterocycles. The SMILES string of the molecule is CNC(=O)c1ccccc1Sc1ccc2c(/C=C/c3ccccn3)nn(P(=S)(N[C@@H](C)C(=O)OC)Oc3cccc4ccccc34)c2c1. The molecule has 1 amide bonds. The largest absolute Gasteiger partial charge is 0.468 e. The van der Waals surface area contributed by atoms with Crippen LogP contribution in [0.5, 0.6) is 5.75 Å². The van der Waals surface area contributed by atoms with Crippen LogP contribution in [0.25, 0.3) is 33.8 Å². The van der Waals surface area contributed by atoms with Gasteiger partial charge in [0, 0.05) is 33.8 Å². The number of benzene rings is 4. The van der Waals surface area contributed by atoms with Crippen LogP contribution in [0.4, 0.5) is 0 Å². The summed E-state index contributed by atoms with van der Waals surface area (Å²) < 4.78 is 13.5. The maximum absolute atomic E-state index is 12.7. The lowest BCUT2D eigenvalue weighted by Gasteiger charge is -2.27. The smallest absolute Gasteiger partial charge is 0.323 e. The molecule has 0 bridgehead atoms. The van der Waals surface area contributed by atoms with Crippen LogP contribution in [0.2, 0.25) is 0 Å². The first kappa shape index (κ1) is 33.1. The van der Waals surface area contributed by atoms with Crippen LogP contribution in [-0.2, 0) is 21.3 Å². The molecule has 6 rings (SSSR count). The fraction of sp³-hybridized carbons (Fsp3) is 0.111. The van der Waals surface area contributed by atoms with Gasteiger partial charge in [0.05, 0.1) is 29.6 Å². The summed E-state index contributed by atoms with van der Waals surface area (Å²) in [5.74, 6) is -0.106. The topological polar surface area (TPSA) is 107 Å². The number of nitrogens with one attached hydrogen (secondary N) is 2. The van der Waals surface area contributed by atoms with Gasteiger partial charge in [0.25, 0.3) is 12.5 Å². The molecule has 242 valence electrons. The van der Waals surface area contributed by atoms with Crippen LogP contribution in [0, 0.1) is 0 Å². The predicted molar refractivity (Wildman–Crippen MR) is 196 cm³/mol. The molecule has 2 atom stereocenters. The Bertz CT molecular complexity index is 2200. The second-order valence-electron chi connectivity index (χ2n) is 10.7. The Labute approximate surface area is 287 Å². The highest BCUT2D eigenvalue weighted by Gasteiger charge is 2.32. The van der Waals surface area contributed by atoms with Crippen LogP contribution in [0.15, 0.2) is 119 Å². The summed E-state index contributed by atoms with van der Waals surface area (Å²) >= 11 is 7.85. The standard InChI is InChI=1S/C36H32N5O4PS2/c1-24(36(43)44-3)40-46(47,45-33-16-10-12-25-11-4-5-14-28(25)33)41-32-23-27(48-34-17-7-6-15-30(34)35(42)37-2)19-20-29(32)31(39-41)21-18-26-13-8-9-22-38-26/h4-24H,1-3H3,(H,37,42)(H,40,47)/b21-18+/t24-,46?/m0/s1. The van der Waals surface area contributed by atoms with Gasteiger partial charge < -0.3 is 14.6 Å². The summed E-state index contributed by atoms with van der Waals surface area (Å²) in [5.41, 5.74) is 2.66. The molecule has 9 nitrogen and oxygen atoms in total. The average Bonchev–Trinajstić information content (AvgIpc) is 3.49. The highest BCUT2D eigenvalue weighted by molar-refractivity contribution is 8.10. The van der Waals surface area contributed by atoms with Crippen molar-refractivity contribution < 1.29 is 18.8 Å². The number of hydrogen-bond acceptors (Lipinski definition) is 8. The molecule has 0 aliphatic rings. The van der Waals surface area contributed by atoms with E-state index in [0.29, 0.717) is 22.5 Å². The molecule has 4 aromatic carbocycles. The summed E-state index contributed by atoms with van der Waals surface area (Å²) in [6.45, 7) is -1.72. The van der Waals surface area contributed by atoms with Gasteiger partial charge in [-0.3, -0.25) is 14.6 Å². The Balaban J connectivity index is 1.53. The molecule has 6 aromatic rings. The molecule has 0 saturated heterocycles. The van der Waals surface area contributed by atoms with Gasteiger partial charge in [-0.15, -0.1) is 0 Å². The lowest BCUT2D eigenvalue weighted by molar-refractivity contribution is -0.142. The van der Waals surface area contributed by atoms with Crippen LogP contribution in [0.1, 0.15) is 28.7 Å². The fourth-order valence-corrected chi connectivity index (χ4v) is 9.13. The molecule has 0 aliphatic carbocycles. The minimum atomic E-state index is -3.41. The van der Waals surface area contributed by atoms with Crippen molar-refractivity contribution in [1.82, 2.24) is 24.9 Å². The number of carbonyl (C=O) groups is 2. The van der Waals surface area contributed by atoms with E-state index >= 15 is 0 Å². The van der Waals surface area contributed by atoms with Crippen molar-refractivity contribution in [1.29, 1.82) is 0 Å². The first-order chi connectivity index (χ1) is 23.3. The van der Waals surface area contributed by atoms with Gasteiger partial charge in [-0.2, -0.15) is 9.55 Å². The fourth-order valence-electron chi connectivity index (χ4n) is 5.14. The maximum Gasteiger partial charge on any atom is 0.323 e. The number of hydrogen-bond donors (Lipinski definition) is 2. The van der Waals surface area contributed by atoms with E-state index in [1.54, 1.807) is 30.7 Å². The van der Waals surface area contributed by atoms with Crippen molar-refractivity contribution in [2.75, 3.05) is 14.2 Å². The van der Waals surface area contributed by atoms with Gasteiger partial charge in [0.1, 0.15) is 11.8 Å². The van der Waals surface area contributed by atoms with Crippen molar-refractivity contribution >= 4 is 75.8 Å². The number of esters is 1. The molecule has 0 fully saturated rings. The summed E-state index contributed by atoms with van der Waals surface area (Å²) in [5, 5.41) is 13.7. The first-order valence-corrected chi connectivity index (χ1v) is 18.5. The zero-order valence-corrected chi connectivity index (χ0v) is 28.9. The zero-order valence-electron chi connectivity index (χ0n) is 26.4. The predicted octanol–water partition coefficient (Wildman–Crippen LogP) is 7.57. The number of pyridine rings is 1. The number of nitrogens with zero attached hydrogens (tertiary/aromatic N) is 3. The van der Waals surface area contributed by atoms with E-state index in [1.165, 1.54) is 18.9 Å². The molecular weight excluding hydrogens is 662 g/mol. The van der Waals surface area contributed by atoms with Crippen molar-refractivity contribution in [2.24, 2.45) is 0 Å². The number of aromatic nitrogens is 3. The van der Waals surface area contributed by atoms with E-state index in [0.717, 1.165) is 31.6 Å². The maximum atomic E-state index is 12.7. The van der Waals surface area contributed by atoms with E-state index in [2.05, 4.69) is 15.4 Å². The van der Waals surface area contributed by atoms with Gasteiger partial charge in [0.15, 0.2) is 0 Å². The number of amides is 1. The summed E-state index contributed by atoms with van der Waals surface area (Å²) in [4.78, 5) is 31.4. The summed E-state index contributed by atoms with van der Waals surface area (Å²) in [6, 6.07) is 31.9. The van der Waals surface area contributed by atoms with Gasteiger partial charge in [-0.05, 0) is 84.8 Å². The summed E-state index contributed by atoms with van der Waals surface area (Å²) in [7, 11) is 2.94. The van der Waals surface area contributed by atoms with E-state index in [9.17, 15) is 9.59 Å². The van der Waals surface area contributed by atoms with Crippen LogP contribution in [-0.4, -0.2) is 46.6 Å². The van der Waals surface area contributed by atoms with Crippen molar-refractivity contribution in [3.8, 4) is 5.75 Å². The molecule has 0 saturated carbocycles. The molecule has 0 radical (unpaired) electrons. The highest BCUT2D eigenvalue weighted by atomic mass is 32.5. The van der Waals surface area contributed by atoms with Crippen LogP contribution in [0.3, 0.4) is 0 Å². The lowest BCUT2D eigenvalue weighted by atomic mass is 10.1. The molecule has 12 heteroatoms. The van der Waals surface area contributed by atoms with Crippen LogP contribution >= 0.6 is 18.3 Å². The van der Waals surface area contributed by atoms with E-state index in [1.807, 2.05) is 109 Å². The molecule has 0 aliphatic heterocycles. The van der Waals surface area contributed by atoms with Gasteiger partial charge >= 0.3 is 5.97 Å². The number of carbonyl (C=O) groups excluding carboxylic acids is 2. The molecule has 2 aromatic heterocycles. The molecule has 48 heavy (non-hydrogen) atoms. The number of methoxy groups -OCH3 is 1. The monoisotopic (exact) mass is 693 g/mol. The molecule has 0 spiro atoms. The Morgan fingerprint density at radius 3 is 2.50 bits per heavy atom. The quantitative estimate of drug-likeness (QED) is 0.105.